The van der Waals surface area contributed by atoms with E-state index in [0.717, 1.165) is 6.54 Å². The minimum Gasteiger partial charge on any atom is -0.343 e. The molecule has 2 aromatic rings. The van der Waals surface area contributed by atoms with Crippen LogP contribution in [0.4, 0.5) is 0 Å². The second-order valence-electron chi connectivity index (χ2n) is 5.34. The smallest absolute Gasteiger partial charge is 0.261 e. The minimum atomic E-state index is -0.107. The number of benzene rings is 1. The van der Waals surface area contributed by atoms with Crippen molar-refractivity contribution in [3.05, 3.63) is 39.9 Å². The van der Waals surface area contributed by atoms with E-state index in [4.69, 9.17) is 11.6 Å². The van der Waals surface area contributed by atoms with Crippen LogP contribution in [0.15, 0.2) is 29.3 Å². The fourth-order valence-electron chi connectivity index (χ4n) is 2.84. The molecule has 0 aliphatic carbocycles. The van der Waals surface area contributed by atoms with Crippen molar-refractivity contribution < 1.29 is 4.79 Å². The van der Waals surface area contributed by atoms with E-state index in [1.807, 2.05) is 11.8 Å². The highest BCUT2D eigenvalue weighted by molar-refractivity contribution is 6.34. The van der Waals surface area contributed by atoms with Crippen molar-refractivity contribution in [2.24, 2.45) is 5.92 Å². The normalized spacial score (nSPS) is 18.7. The molecule has 1 atom stereocenters. The zero-order valence-corrected chi connectivity index (χ0v) is 12.5. The quantitative estimate of drug-likeness (QED) is 0.870. The summed E-state index contributed by atoms with van der Waals surface area (Å²) in [5.41, 5.74) is 0.419. The second kappa shape index (κ2) is 5.48. The average molecular weight is 306 g/mol. The Labute approximate surface area is 127 Å². The van der Waals surface area contributed by atoms with Crippen LogP contribution in [0.2, 0.25) is 5.02 Å². The molecule has 0 spiro atoms. The number of aromatic nitrogens is 2. The predicted octanol–water partition coefficient (Wildman–Crippen LogP) is 1.92. The van der Waals surface area contributed by atoms with E-state index in [1.54, 1.807) is 22.8 Å². The topological polar surface area (TPSA) is 55.2 Å². The van der Waals surface area contributed by atoms with Crippen LogP contribution >= 0.6 is 11.6 Å². The van der Waals surface area contributed by atoms with Crippen molar-refractivity contribution >= 4 is 28.4 Å². The highest BCUT2D eigenvalue weighted by Crippen LogP contribution is 2.20. The SMILES string of the molecule is CCN1C[C@H](Cn2cnc3c(Cl)cccc3c2=O)CC1=O. The van der Waals surface area contributed by atoms with Gasteiger partial charge < -0.3 is 4.90 Å². The summed E-state index contributed by atoms with van der Waals surface area (Å²) in [7, 11) is 0. The number of hydrogen-bond donors (Lipinski definition) is 0. The Morgan fingerprint density at radius 3 is 2.90 bits per heavy atom. The summed E-state index contributed by atoms with van der Waals surface area (Å²) in [4.78, 5) is 30.3. The average Bonchev–Trinajstić information content (AvgIpc) is 2.82. The molecular formula is C15H16ClN3O2. The van der Waals surface area contributed by atoms with Crippen LogP contribution in [0.3, 0.4) is 0 Å². The van der Waals surface area contributed by atoms with E-state index in [2.05, 4.69) is 4.98 Å². The zero-order chi connectivity index (χ0) is 15.0. The summed E-state index contributed by atoms with van der Waals surface area (Å²) in [6.45, 7) is 3.90. The standard InChI is InChI=1S/C15H16ClN3O2/c1-2-18-7-10(6-13(18)20)8-19-9-17-14-11(15(19)21)4-3-5-12(14)16/h3-5,9-10H,2,6-8H2,1H3/t10-/m1/s1. The first kappa shape index (κ1) is 14.1. The van der Waals surface area contributed by atoms with Crippen LogP contribution in [0, 0.1) is 5.92 Å². The Hall–Kier alpha value is -1.88. The van der Waals surface area contributed by atoms with Gasteiger partial charge in [0.15, 0.2) is 0 Å². The molecule has 1 aromatic carbocycles. The molecule has 3 rings (SSSR count). The van der Waals surface area contributed by atoms with E-state index in [9.17, 15) is 9.59 Å². The Bertz CT molecular complexity index is 756. The van der Waals surface area contributed by atoms with Crippen molar-refractivity contribution in [3.8, 4) is 0 Å². The maximum Gasteiger partial charge on any atom is 0.261 e. The molecule has 1 saturated heterocycles. The minimum absolute atomic E-state index is 0.107. The lowest BCUT2D eigenvalue weighted by atomic mass is 10.1. The molecule has 1 aliphatic heterocycles. The summed E-state index contributed by atoms with van der Waals surface area (Å²) >= 11 is 6.05. The number of amides is 1. The van der Waals surface area contributed by atoms with Gasteiger partial charge in [0.2, 0.25) is 5.91 Å². The Morgan fingerprint density at radius 1 is 1.38 bits per heavy atom. The van der Waals surface area contributed by atoms with Gasteiger partial charge in [0.1, 0.15) is 0 Å². The van der Waals surface area contributed by atoms with E-state index in [-0.39, 0.29) is 17.4 Å². The van der Waals surface area contributed by atoms with E-state index < -0.39 is 0 Å². The third-order valence-corrected chi connectivity index (χ3v) is 4.24. The van der Waals surface area contributed by atoms with Gasteiger partial charge in [-0.05, 0) is 19.1 Å². The Balaban J connectivity index is 1.91. The van der Waals surface area contributed by atoms with Gasteiger partial charge in [-0.3, -0.25) is 14.2 Å². The van der Waals surface area contributed by atoms with Crippen molar-refractivity contribution in [3.63, 3.8) is 0 Å². The monoisotopic (exact) mass is 305 g/mol. The number of hydrogen-bond acceptors (Lipinski definition) is 3. The number of halogens is 1. The number of para-hydroxylation sites is 1. The molecule has 1 aromatic heterocycles. The molecule has 0 radical (unpaired) electrons. The number of rotatable bonds is 3. The molecule has 0 N–H and O–H groups in total. The lowest BCUT2D eigenvalue weighted by Crippen LogP contribution is -2.27. The first-order valence-corrected chi connectivity index (χ1v) is 7.39. The molecule has 0 saturated carbocycles. The summed E-state index contributed by atoms with van der Waals surface area (Å²) in [6.07, 6.45) is 2.02. The van der Waals surface area contributed by atoms with Crippen LogP contribution in [0.1, 0.15) is 13.3 Å². The second-order valence-corrected chi connectivity index (χ2v) is 5.75. The Morgan fingerprint density at radius 2 is 2.19 bits per heavy atom. The lowest BCUT2D eigenvalue weighted by Gasteiger charge is -2.14. The van der Waals surface area contributed by atoms with Crippen molar-refractivity contribution in [2.75, 3.05) is 13.1 Å². The van der Waals surface area contributed by atoms with Crippen molar-refractivity contribution in [2.45, 2.75) is 19.9 Å². The van der Waals surface area contributed by atoms with Gasteiger partial charge in [-0.25, -0.2) is 4.98 Å². The van der Waals surface area contributed by atoms with Gasteiger partial charge in [-0.2, -0.15) is 0 Å². The molecule has 1 fully saturated rings. The van der Waals surface area contributed by atoms with E-state index in [1.165, 1.54) is 6.33 Å². The summed E-state index contributed by atoms with van der Waals surface area (Å²) in [6, 6.07) is 5.19. The fourth-order valence-corrected chi connectivity index (χ4v) is 3.07. The number of fused-ring (bicyclic) bond motifs is 1. The number of likely N-dealkylation sites (tertiary alicyclic amines) is 1. The van der Waals surface area contributed by atoms with Crippen molar-refractivity contribution in [1.29, 1.82) is 0 Å². The van der Waals surface area contributed by atoms with Crippen LogP contribution in [0.25, 0.3) is 10.9 Å². The fraction of sp³-hybridized carbons (Fsp3) is 0.400. The molecule has 0 unspecified atom stereocenters. The summed E-state index contributed by atoms with van der Waals surface area (Å²) in [5.74, 6) is 0.320. The van der Waals surface area contributed by atoms with Gasteiger partial charge in [0.25, 0.3) is 5.56 Å². The predicted molar refractivity (Wildman–Crippen MR) is 81.4 cm³/mol. The third kappa shape index (κ3) is 2.53. The van der Waals surface area contributed by atoms with Crippen LogP contribution in [-0.2, 0) is 11.3 Å². The van der Waals surface area contributed by atoms with Gasteiger partial charge in [-0.1, -0.05) is 17.7 Å². The number of nitrogens with zero attached hydrogens (tertiary/aromatic N) is 3. The molecule has 1 amide bonds. The zero-order valence-electron chi connectivity index (χ0n) is 11.8. The molecule has 2 heterocycles. The number of carbonyl (C=O) groups excluding carboxylic acids is 1. The van der Waals surface area contributed by atoms with E-state index in [0.29, 0.717) is 35.4 Å². The third-order valence-electron chi connectivity index (χ3n) is 3.94. The first-order valence-electron chi connectivity index (χ1n) is 7.01. The largest absolute Gasteiger partial charge is 0.343 e. The molecular weight excluding hydrogens is 290 g/mol. The molecule has 0 bridgehead atoms. The summed E-state index contributed by atoms with van der Waals surface area (Å²) in [5, 5.41) is 0.992. The van der Waals surface area contributed by atoms with Crippen molar-refractivity contribution in [1.82, 2.24) is 14.5 Å². The highest BCUT2D eigenvalue weighted by atomic mass is 35.5. The first-order chi connectivity index (χ1) is 10.1. The van der Waals surface area contributed by atoms with Crippen LogP contribution < -0.4 is 5.56 Å². The van der Waals surface area contributed by atoms with Gasteiger partial charge in [-0.15, -0.1) is 0 Å². The number of carbonyl (C=O) groups is 1. The van der Waals surface area contributed by atoms with Crippen LogP contribution in [0.5, 0.6) is 0 Å². The van der Waals surface area contributed by atoms with Gasteiger partial charge in [0, 0.05) is 32.0 Å². The van der Waals surface area contributed by atoms with Gasteiger partial charge >= 0.3 is 0 Å². The van der Waals surface area contributed by atoms with Crippen LogP contribution in [-0.4, -0.2) is 33.4 Å². The molecule has 1 aliphatic rings. The van der Waals surface area contributed by atoms with Gasteiger partial charge in [0.05, 0.1) is 22.3 Å². The lowest BCUT2D eigenvalue weighted by molar-refractivity contribution is -0.127. The molecule has 5 nitrogen and oxygen atoms in total. The maximum atomic E-state index is 12.5. The molecule has 110 valence electrons. The van der Waals surface area contributed by atoms with E-state index >= 15 is 0 Å². The molecule has 21 heavy (non-hydrogen) atoms. The Kier molecular flexibility index (Phi) is 3.68. The highest BCUT2D eigenvalue weighted by Gasteiger charge is 2.28. The maximum absolute atomic E-state index is 12.5. The molecule has 6 heteroatoms. The summed E-state index contributed by atoms with van der Waals surface area (Å²) < 4.78 is 1.58.